The number of nitrogens with one attached hydrogen (secondary N) is 1. The van der Waals surface area contributed by atoms with E-state index in [9.17, 15) is 4.79 Å². The Morgan fingerprint density at radius 2 is 1.25 bits per heavy atom. The Balaban J connectivity index is 1.53. The summed E-state index contributed by atoms with van der Waals surface area (Å²) in [7, 11) is 0. The maximum Gasteiger partial charge on any atom is 0.222 e. The molecule has 190 valence electrons. The molecule has 1 saturated heterocycles. The number of benzene rings is 3. The maximum absolute atomic E-state index is 15.3. The van der Waals surface area contributed by atoms with Gasteiger partial charge in [-0.2, -0.15) is 0 Å². The van der Waals surface area contributed by atoms with Crippen LogP contribution in [0.25, 0.3) is 0 Å². The van der Waals surface area contributed by atoms with Crippen LogP contribution in [0, 0.1) is 0 Å². The molecule has 1 amide bonds. The molecule has 0 aromatic heterocycles. The Hall–Kier alpha value is -3.10. The van der Waals surface area contributed by atoms with Crippen LogP contribution in [0.15, 0.2) is 91.0 Å². The summed E-state index contributed by atoms with van der Waals surface area (Å²) in [4.78, 5) is 11.9. The predicted octanol–water partition coefficient (Wildman–Crippen LogP) is 4.57. The van der Waals surface area contributed by atoms with Crippen molar-refractivity contribution >= 4 is 5.91 Å². The molecular formula is C29H32FNO5. The van der Waals surface area contributed by atoms with Crippen LogP contribution < -0.4 is 5.32 Å². The first-order valence-corrected chi connectivity index (χ1v) is 12.1. The third kappa shape index (κ3) is 7.45. The minimum absolute atomic E-state index is 0.104. The molecule has 3 aromatic rings. The number of halogens is 1. The molecule has 6 nitrogen and oxygen atoms in total. The molecule has 5 atom stereocenters. The van der Waals surface area contributed by atoms with E-state index in [0.717, 1.165) is 16.7 Å². The third-order valence-corrected chi connectivity index (χ3v) is 5.97. The topological polar surface area (TPSA) is 66.0 Å². The van der Waals surface area contributed by atoms with E-state index in [4.69, 9.17) is 18.9 Å². The molecule has 36 heavy (non-hydrogen) atoms. The standard InChI is InChI=1S/C29H32FNO5/c1-21(32)31-26-28(35-19-24-15-9-4-10-16-24)27(34-18-23-13-7-3-8-14-23)25(36-29(26)30)20-33-17-22-11-5-2-6-12-22/h2-16,25-29H,17-20H2,1H3,(H,31,32)/t25-,26-,27-,28-,29?/m1/s1. The number of amides is 1. The number of rotatable bonds is 11. The van der Waals surface area contributed by atoms with Gasteiger partial charge in [-0.1, -0.05) is 91.0 Å². The summed E-state index contributed by atoms with van der Waals surface area (Å²) in [5, 5.41) is 2.66. The second kappa shape index (κ2) is 13.3. The summed E-state index contributed by atoms with van der Waals surface area (Å²) in [5.41, 5.74) is 2.89. The summed E-state index contributed by atoms with van der Waals surface area (Å²) in [6, 6.07) is 28.0. The molecule has 1 fully saturated rings. The van der Waals surface area contributed by atoms with Crippen LogP contribution in [0.4, 0.5) is 4.39 Å². The second-order valence-corrected chi connectivity index (χ2v) is 8.78. The molecule has 7 heteroatoms. The highest BCUT2D eigenvalue weighted by atomic mass is 19.1. The summed E-state index contributed by atoms with van der Waals surface area (Å²) in [6.07, 6.45) is -4.00. The van der Waals surface area contributed by atoms with E-state index in [0.29, 0.717) is 6.61 Å². The minimum Gasteiger partial charge on any atom is -0.374 e. The van der Waals surface area contributed by atoms with Gasteiger partial charge in [-0.15, -0.1) is 0 Å². The fraction of sp³-hybridized carbons (Fsp3) is 0.345. The molecular weight excluding hydrogens is 461 g/mol. The van der Waals surface area contributed by atoms with Crippen molar-refractivity contribution in [2.75, 3.05) is 6.61 Å². The Labute approximate surface area is 211 Å². The first kappa shape index (κ1) is 26.0. The SMILES string of the molecule is CC(=O)N[C@H]1C(F)O[C@H](COCc2ccccc2)[C@@H](OCc2ccccc2)[C@@H]1OCc1ccccc1. The van der Waals surface area contributed by atoms with Crippen molar-refractivity contribution in [1.29, 1.82) is 0 Å². The van der Waals surface area contributed by atoms with Crippen molar-refractivity contribution in [3.05, 3.63) is 108 Å². The van der Waals surface area contributed by atoms with Crippen LogP contribution in [0.1, 0.15) is 23.6 Å². The van der Waals surface area contributed by atoms with E-state index in [2.05, 4.69) is 5.32 Å². The lowest BCUT2D eigenvalue weighted by Gasteiger charge is -2.44. The lowest BCUT2D eigenvalue weighted by atomic mass is 9.96. The number of ether oxygens (including phenoxy) is 4. The van der Waals surface area contributed by atoms with Crippen molar-refractivity contribution in [3.8, 4) is 0 Å². The average molecular weight is 494 g/mol. The Bertz CT molecular complexity index is 1050. The average Bonchev–Trinajstić information content (AvgIpc) is 2.90. The Morgan fingerprint density at radius 3 is 1.75 bits per heavy atom. The zero-order chi connectivity index (χ0) is 25.2. The molecule has 1 unspecified atom stereocenters. The monoisotopic (exact) mass is 493 g/mol. The zero-order valence-electron chi connectivity index (χ0n) is 20.3. The number of carbonyl (C=O) groups is 1. The lowest BCUT2D eigenvalue weighted by Crippen LogP contribution is -2.64. The van der Waals surface area contributed by atoms with E-state index in [1.165, 1.54) is 6.92 Å². The van der Waals surface area contributed by atoms with E-state index < -0.39 is 30.7 Å². The summed E-state index contributed by atoms with van der Waals surface area (Å²) < 4.78 is 39.4. The zero-order valence-corrected chi connectivity index (χ0v) is 20.3. The van der Waals surface area contributed by atoms with Gasteiger partial charge in [0.25, 0.3) is 0 Å². The molecule has 0 aliphatic carbocycles. The molecule has 1 aliphatic heterocycles. The number of carbonyl (C=O) groups excluding carboxylic acids is 1. The quantitative estimate of drug-likeness (QED) is 0.424. The molecule has 1 heterocycles. The molecule has 3 aromatic carbocycles. The second-order valence-electron chi connectivity index (χ2n) is 8.78. The van der Waals surface area contributed by atoms with Crippen LogP contribution in [0.5, 0.6) is 0 Å². The smallest absolute Gasteiger partial charge is 0.222 e. The highest BCUT2D eigenvalue weighted by Crippen LogP contribution is 2.29. The molecule has 4 rings (SSSR count). The van der Waals surface area contributed by atoms with E-state index in [1.807, 2.05) is 91.0 Å². The van der Waals surface area contributed by atoms with Gasteiger partial charge in [-0.25, -0.2) is 4.39 Å². The molecule has 1 aliphatic rings. The predicted molar refractivity (Wildman–Crippen MR) is 134 cm³/mol. The molecule has 0 spiro atoms. The Morgan fingerprint density at radius 1 is 0.778 bits per heavy atom. The van der Waals surface area contributed by atoms with Gasteiger partial charge in [0.05, 0.1) is 26.4 Å². The Kier molecular flexibility index (Phi) is 9.58. The van der Waals surface area contributed by atoms with Gasteiger partial charge in [-0.05, 0) is 16.7 Å². The van der Waals surface area contributed by atoms with Gasteiger partial charge in [0.2, 0.25) is 12.3 Å². The fourth-order valence-electron chi connectivity index (χ4n) is 4.21. The minimum atomic E-state index is -1.78. The number of hydrogen-bond acceptors (Lipinski definition) is 5. The van der Waals surface area contributed by atoms with Crippen molar-refractivity contribution in [3.63, 3.8) is 0 Å². The number of hydrogen-bond donors (Lipinski definition) is 1. The maximum atomic E-state index is 15.3. The van der Waals surface area contributed by atoms with Crippen molar-refractivity contribution in [1.82, 2.24) is 5.32 Å². The van der Waals surface area contributed by atoms with Crippen molar-refractivity contribution < 1.29 is 28.1 Å². The molecule has 0 bridgehead atoms. The normalized spacial score (nSPS) is 23.8. The van der Waals surface area contributed by atoms with E-state index in [1.54, 1.807) is 0 Å². The highest BCUT2D eigenvalue weighted by Gasteiger charge is 2.48. The molecule has 0 saturated carbocycles. The van der Waals surface area contributed by atoms with E-state index >= 15 is 4.39 Å². The van der Waals surface area contributed by atoms with Gasteiger partial charge < -0.3 is 24.3 Å². The van der Waals surface area contributed by atoms with Gasteiger partial charge >= 0.3 is 0 Å². The van der Waals surface area contributed by atoms with Gasteiger partial charge in [0.1, 0.15) is 24.4 Å². The van der Waals surface area contributed by atoms with Gasteiger partial charge in [0.15, 0.2) is 0 Å². The molecule has 0 radical (unpaired) electrons. The first-order valence-electron chi connectivity index (χ1n) is 12.1. The largest absolute Gasteiger partial charge is 0.374 e. The van der Waals surface area contributed by atoms with Gasteiger partial charge in [0, 0.05) is 6.92 Å². The van der Waals surface area contributed by atoms with Crippen LogP contribution >= 0.6 is 0 Å². The third-order valence-electron chi connectivity index (χ3n) is 5.97. The van der Waals surface area contributed by atoms with Crippen molar-refractivity contribution in [2.45, 2.75) is 57.5 Å². The van der Waals surface area contributed by atoms with Crippen molar-refractivity contribution in [2.24, 2.45) is 0 Å². The highest BCUT2D eigenvalue weighted by molar-refractivity contribution is 5.73. The summed E-state index contributed by atoms with van der Waals surface area (Å²) in [6.45, 7) is 2.31. The fourth-order valence-corrected chi connectivity index (χ4v) is 4.21. The summed E-state index contributed by atoms with van der Waals surface area (Å²) in [5.74, 6) is -0.375. The van der Waals surface area contributed by atoms with Crippen LogP contribution in [-0.2, 0) is 43.6 Å². The first-order chi connectivity index (χ1) is 17.6. The summed E-state index contributed by atoms with van der Waals surface area (Å²) >= 11 is 0. The number of alkyl halides is 1. The molecule has 1 N–H and O–H groups in total. The van der Waals surface area contributed by atoms with E-state index in [-0.39, 0.29) is 25.7 Å². The van der Waals surface area contributed by atoms with Crippen LogP contribution in [0.2, 0.25) is 0 Å². The lowest BCUT2D eigenvalue weighted by molar-refractivity contribution is -0.258. The van der Waals surface area contributed by atoms with Crippen LogP contribution in [-0.4, -0.2) is 43.2 Å². The van der Waals surface area contributed by atoms with Crippen LogP contribution in [0.3, 0.4) is 0 Å². The van der Waals surface area contributed by atoms with Gasteiger partial charge in [-0.3, -0.25) is 4.79 Å².